The summed E-state index contributed by atoms with van der Waals surface area (Å²) in [6, 6.07) is 5.28. The highest BCUT2D eigenvalue weighted by Crippen LogP contribution is 2.20. The molecule has 0 spiro atoms. The molecule has 0 radical (unpaired) electrons. The van der Waals surface area contributed by atoms with E-state index in [-0.39, 0.29) is 0 Å². The van der Waals surface area contributed by atoms with E-state index in [1.807, 2.05) is 11.8 Å². The minimum atomic E-state index is -0.421. The summed E-state index contributed by atoms with van der Waals surface area (Å²) in [4.78, 5) is 3.75. The summed E-state index contributed by atoms with van der Waals surface area (Å²) >= 11 is 1.92. The Bertz CT molecular complexity index is 287. The van der Waals surface area contributed by atoms with E-state index in [0.717, 1.165) is 12.2 Å². The molecule has 1 atom stereocenters. The molecule has 1 N–H and O–H groups in total. The maximum absolute atomic E-state index is 12.7. The lowest BCUT2D eigenvalue weighted by Gasteiger charge is -2.11. The van der Waals surface area contributed by atoms with Crippen LogP contribution in [0.4, 0.5) is 10.2 Å². The van der Waals surface area contributed by atoms with E-state index in [1.54, 1.807) is 12.1 Å². The Morgan fingerprint density at radius 3 is 3.15 bits per heavy atom. The summed E-state index contributed by atoms with van der Waals surface area (Å²) in [5.74, 6) is 2.51. The lowest BCUT2D eigenvalue weighted by molar-refractivity contribution is 0.584. The fraction of sp³-hybridized carbons (Fsp3) is 0.444. The summed E-state index contributed by atoms with van der Waals surface area (Å²) in [7, 11) is 0. The number of pyridine rings is 1. The highest BCUT2D eigenvalue weighted by atomic mass is 32.2. The van der Waals surface area contributed by atoms with Crippen molar-refractivity contribution in [3.05, 3.63) is 24.1 Å². The first-order valence-electron chi connectivity index (χ1n) is 4.31. The van der Waals surface area contributed by atoms with Crippen LogP contribution in [0.15, 0.2) is 18.2 Å². The van der Waals surface area contributed by atoms with Gasteiger partial charge in [-0.05, 0) is 24.3 Å². The number of hydrogen-bond acceptors (Lipinski definition) is 3. The van der Waals surface area contributed by atoms with Crippen LogP contribution in [0.1, 0.15) is 6.42 Å². The van der Waals surface area contributed by atoms with E-state index in [0.29, 0.717) is 11.9 Å². The average molecular weight is 198 g/mol. The van der Waals surface area contributed by atoms with Crippen LogP contribution in [0, 0.1) is 5.95 Å². The second-order valence-corrected chi connectivity index (χ2v) is 4.20. The van der Waals surface area contributed by atoms with Crippen molar-refractivity contribution < 1.29 is 4.39 Å². The van der Waals surface area contributed by atoms with Gasteiger partial charge in [0.2, 0.25) is 5.95 Å². The van der Waals surface area contributed by atoms with E-state index in [2.05, 4.69) is 10.3 Å². The first-order chi connectivity index (χ1) is 6.34. The lowest BCUT2D eigenvalue weighted by atomic mass is 10.2. The van der Waals surface area contributed by atoms with Crippen LogP contribution in [0.25, 0.3) is 0 Å². The van der Waals surface area contributed by atoms with E-state index >= 15 is 0 Å². The molecule has 1 saturated heterocycles. The number of halogens is 1. The molecule has 70 valence electrons. The molecular weight excluding hydrogens is 187 g/mol. The number of hydrogen-bond donors (Lipinski definition) is 1. The third kappa shape index (κ3) is 2.34. The Kier molecular flexibility index (Phi) is 2.68. The van der Waals surface area contributed by atoms with Crippen molar-refractivity contribution >= 4 is 17.6 Å². The number of thioether (sulfide) groups is 1. The smallest absolute Gasteiger partial charge is 0.214 e. The molecule has 4 heteroatoms. The van der Waals surface area contributed by atoms with Gasteiger partial charge in [0.25, 0.3) is 0 Å². The molecule has 2 rings (SSSR count). The second-order valence-electron chi connectivity index (χ2n) is 3.05. The van der Waals surface area contributed by atoms with Gasteiger partial charge in [-0.2, -0.15) is 16.2 Å². The molecule has 1 unspecified atom stereocenters. The predicted molar refractivity (Wildman–Crippen MR) is 53.5 cm³/mol. The number of nitrogens with one attached hydrogen (secondary N) is 1. The molecule has 0 bridgehead atoms. The van der Waals surface area contributed by atoms with Crippen LogP contribution < -0.4 is 5.32 Å². The SMILES string of the molecule is Fc1cccc(NC2CCSC2)n1. The predicted octanol–water partition coefficient (Wildman–Crippen LogP) is 2.14. The Morgan fingerprint density at radius 1 is 1.54 bits per heavy atom. The van der Waals surface area contributed by atoms with Crippen molar-refractivity contribution in [3.63, 3.8) is 0 Å². The van der Waals surface area contributed by atoms with Gasteiger partial charge in [0.1, 0.15) is 5.82 Å². The number of anilines is 1. The van der Waals surface area contributed by atoms with Crippen LogP contribution in [0.5, 0.6) is 0 Å². The van der Waals surface area contributed by atoms with Crippen molar-refractivity contribution in [1.82, 2.24) is 4.98 Å². The van der Waals surface area contributed by atoms with Crippen molar-refractivity contribution in [2.75, 3.05) is 16.8 Å². The first-order valence-corrected chi connectivity index (χ1v) is 5.47. The van der Waals surface area contributed by atoms with Gasteiger partial charge < -0.3 is 5.32 Å². The van der Waals surface area contributed by atoms with Gasteiger partial charge >= 0.3 is 0 Å². The number of nitrogens with zero attached hydrogens (tertiary/aromatic N) is 1. The van der Waals surface area contributed by atoms with Crippen LogP contribution >= 0.6 is 11.8 Å². The molecule has 0 aromatic carbocycles. The third-order valence-electron chi connectivity index (χ3n) is 2.00. The highest BCUT2D eigenvalue weighted by Gasteiger charge is 2.15. The van der Waals surface area contributed by atoms with Crippen molar-refractivity contribution in [3.8, 4) is 0 Å². The van der Waals surface area contributed by atoms with E-state index < -0.39 is 5.95 Å². The number of aromatic nitrogens is 1. The molecule has 1 aromatic rings. The van der Waals surface area contributed by atoms with Crippen LogP contribution in [-0.4, -0.2) is 22.5 Å². The average Bonchev–Trinajstić information content (AvgIpc) is 2.57. The number of rotatable bonds is 2. The fourth-order valence-corrected chi connectivity index (χ4v) is 2.50. The van der Waals surface area contributed by atoms with Gasteiger partial charge in [-0.15, -0.1) is 0 Å². The zero-order valence-corrected chi connectivity index (χ0v) is 7.98. The van der Waals surface area contributed by atoms with Gasteiger partial charge in [-0.25, -0.2) is 4.98 Å². The molecule has 0 saturated carbocycles. The van der Waals surface area contributed by atoms with Crippen molar-refractivity contribution in [2.45, 2.75) is 12.5 Å². The second kappa shape index (κ2) is 3.96. The van der Waals surface area contributed by atoms with E-state index in [4.69, 9.17) is 0 Å². The summed E-state index contributed by atoms with van der Waals surface area (Å²) in [5.41, 5.74) is 0. The van der Waals surface area contributed by atoms with Gasteiger partial charge in [-0.3, -0.25) is 0 Å². The lowest BCUT2D eigenvalue weighted by Crippen LogP contribution is -2.18. The molecule has 1 fully saturated rings. The van der Waals surface area contributed by atoms with E-state index in [9.17, 15) is 4.39 Å². The van der Waals surface area contributed by atoms with E-state index in [1.165, 1.54) is 11.8 Å². The molecule has 2 heterocycles. The zero-order valence-electron chi connectivity index (χ0n) is 7.16. The van der Waals surface area contributed by atoms with Gasteiger partial charge in [-0.1, -0.05) is 6.07 Å². The maximum Gasteiger partial charge on any atom is 0.214 e. The molecular formula is C9H11FN2S. The molecule has 1 aliphatic heterocycles. The third-order valence-corrected chi connectivity index (χ3v) is 3.16. The van der Waals surface area contributed by atoms with Gasteiger partial charge in [0, 0.05) is 11.8 Å². The summed E-state index contributed by atoms with van der Waals surface area (Å²) < 4.78 is 12.7. The first kappa shape index (κ1) is 8.81. The Morgan fingerprint density at radius 2 is 2.46 bits per heavy atom. The Labute approximate surface area is 80.9 Å². The summed E-state index contributed by atoms with van der Waals surface area (Å²) in [6.07, 6.45) is 1.14. The summed E-state index contributed by atoms with van der Waals surface area (Å²) in [5, 5.41) is 3.21. The van der Waals surface area contributed by atoms with Crippen LogP contribution in [0.3, 0.4) is 0 Å². The molecule has 1 aliphatic rings. The minimum absolute atomic E-state index is 0.421. The fourth-order valence-electron chi connectivity index (χ4n) is 1.35. The topological polar surface area (TPSA) is 24.9 Å². The largest absolute Gasteiger partial charge is 0.366 e. The molecule has 2 nitrogen and oxygen atoms in total. The minimum Gasteiger partial charge on any atom is -0.366 e. The van der Waals surface area contributed by atoms with Gasteiger partial charge in [0.15, 0.2) is 0 Å². The van der Waals surface area contributed by atoms with Gasteiger partial charge in [0.05, 0.1) is 0 Å². The molecule has 13 heavy (non-hydrogen) atoms. The maximum atomic E-state index is 12.7. The van der Waals surface area contributed by atoms with Crippen LogP contribution in [0.2, 0.25) is 0 Å². The quantitative estimate of drug-likeness (QED) is 0.737. The molecule has 0 aliphatic carbocycles. The normalized spacial score (nSPS) is 21.8. The monoisotopic (exact) mass is 198 g/mol. The Hall–Kier alpha value is -0.770. The van der Waals surface area contributed by atoms with Crippen molar-refractivity contribution in [1.29, 1.82) is 0 Å². The highest BCUT2D eigenvalue weighted by molar-refractivity contribution is 7.99. The summed E-state index contributed by atoms with van der Waals surface area (Å²) in [6.45, 7) is 0. The molecule has 0 amide bonds. The molecule has 1 aromatic heterocycles. The standard InChI is InChI=1S/C9H11FN2S/c10-8-2-1-3-9(12-8)11-7-4-5-13-6-7/h1-3,7H,4-6H2,(H,11,12). The van der Waals surface area contributed by atoms with Crippen LogP contribution in [-0.2, 0) is 0 Å². The Balaban J connectivity index is 2.00. The zero-order chi connectivity index (χ0) is 9.10. The van der Waals surface area contributed by atoms with Crippen molar-refractivity contribution in [2.24, 2.45) is 0 Å².